The summed E-state index contributed by atoms with van der Waals surface area (Å²) in [6.45, 7) is 2.51. The van der Waals surface area contributed by atoms with Crippen molar-refractivity contribution in [2.24, 2.45) is 17.6 Å². The van der Waals surface area contributed by atoms with E-state index in [9.17, 15) is 9.59 Å². The van der Waals surface area contributed by atoms with Crippen LogP contribution in [-0.4, -0.2) is 29.6 Å². The molecule has 104 valence electrons. The van der Waals surface area contributed by atoms with Gasteiger partial charge in [-0.3, -0.25) is 4.79 Å². The normalized spacial score (nSPS) is 24.8. The molecule has 1 aliphatic carbocycles. The second-order valence-electron chi connectivity index (χ2n) is 5.07. The van der Waals surface area contributed by atoms with E-state index in [4.69, 9.17) is 10.8 Å². The maximum Gasteiger partial charge on any atom is 0.326 e. The van der Waals surface area contributed by atoms with Crippen molar-refractivity contribution in [1.82, 2.24) is 5.32 Å². The van der Waals surface area contributed by atoms with Crippen molar-refractivity contribution < 1.29 is 14.7 Å². The molecule has 0 aromatic carbocycles. The highest BCUT2D eigenvalue weighted by Crippen LogP contribution is 2.31. The minimum absolute atomic E-state index is 0.0986. The fourth-order valence-electron chi connectivity index (χ4n) is 2.61. The van der Waals surface area contributed by atoms with Gasteiger partial charge in [0.15, 0.2) is 0 Å². The summed E-state index contributed by atoms with van der Waals surface area (Å²) >= 11 is 0. The second kappa shape index (κ2) is 7.36. The molecule has 4 N–H and O–H groups in total. The van der Waals surface area contributed by atoms with Crippen molar-refractivity contribution in [3.8, 4) is 0 Å². The Bertz CT molecular complexity index is 294. The molecule has 1 saturated carbocycles. The van der Waals surface area contributed by atoms with E-state index in [2.05, 4.69) is 5.32 Å². The molecule has 5 nitrogen and oxygen atoms in total. The Balaban J connectivity index is 2.52. The highest BCUT2D eigenvalue weighted by atomic mass is 16.4. The molecule has 0 aromatic heterocycles. The number of hydrogen-bond acceptors (Lipinski definition) is 3. The van der Waals surface area contributed by atoms with Gasteiger partial charge in [0.05, 0.1) is 0 Å². The van der Waals surface area contributed by atoms with Crippen LogP contribution in [0.5, 0.6) is 0 Å². The molecule has 0 saturated heterocycles. The van der Waals surface area contributed by atoms with Crippen molar-refractivity contribution in [3.05, 3.63) is 0 Å². The lowest BCUT2D eigenvalue weighted by molar-refractivity contribution is -0.142. The van der Waals surface area contributed by atoms with Crippen molar-refractivity contribution in [2.75, 3.05) is 6.54 Å². The molecular formula is C13H24N2O3. The van der Waals surface area contributed by atoms with Gasteiger partial charge in [-0.2, -0.15) is 0 Å². The maximum atomic E-state index is 12.1. The summed E-state index contributed by atoms with van der Waals surface area (Å²) in [4.78, 5) is 23.1. The van der Waals surface area contributed by atoms with E-state index < -0.39 is 12.0 Å². The van der Waals surface area contributed by atoms with E-state index in [0.717, 1.165) is 32.1 Å². The standard InChI is InChI=1S/C13H24N2O3/c1-2-3-7-11(13(17)18)15-12(16)10-6-4-5-9(10)8-14/h9-11H,2-8,14H2,1H3,(H,15,16)(H,17,18). The SMILES string of the molecule is CCCCC(NC(=O)C1CCCC1CN)C(=O)O. The molecule has 1 aliphatic rings. The Hall–Kier alpha value is -1.10. The summed E-state index contributed by atoms with van der Waals surface area (Å²) in [6.07, 6.45) is 5.04. The van der Waals surface area contributed by atoms with Crippen LogP contribution in [0.2, 0.25) is 0 Å². The summed E-state index contributed by atoms with van der Waals surface area (Å²) in [5.74, 6) is -0.963. The third-order valence-corrected chi connectivity index (χ3v) is 3.76. The van der Waals surface area contributed by atoms with Gasteiger partial charge >= 0.3 is 5.97 Å². The van der Waals surface area contributed by atoms with Gasteiger partial charge in [-0.1, -0.05) is 26.2 Å². The molecule has 18 heavy (non-hydrogen) atoms. The third-order valence-electron chi connectivity index (χ3n) is 3.76. The van der Waals surface area contributed by atoms with Crippen molar-refractivity contribution in [2.45, 2.75) is 51.5 Å². The molecule has 1 fully saturated rings. The fraction of sp³-hybridized carbons (Fsp3) is 0.846. The number of carboxylic acids is 1. The first-order valence-electron chi connectivity index (χ1n) is 6.83. The maximum absolute atomic E-state index is 12.1. The van der Waals surface area contributed by atoms with E-state index >= 15 is 0 Å². The monoisotopic (exact) mass is 256 g/mol. The quantitative estimate of drug-likeness (QED) is 0.636. The summed E-state index contributed by atoms with van der Waals surface area (Å²) < 4.78 is 0. The van der Waals surface area contributed by atoms with Gasteiger partial charge in [-0.25, -0.2) is 4.79 Å². The number of hydrogen-bond donors (Lipinski definition) is 3. The molecule has 1 amide bonds. The van der Waals surface area contributed by atoms with Crippen LogP contribution in [0, 0.1) is 11.8 Å². The summed E-state index contributed by atoms with van der Waals surface area (Å²) in [7, 11) is 0. The zero-order chi connectivity index (χ0) is 13.5. The third kappa shape index (κ3) is 3.98. The van der Waals surface area contributed by atoms with Crippen molar-refractivity contribution in [1.29, 1.82) is 0 Å². The zero-order valence-electron chi connectivity index (χ0n) is 11.0. The van der Waals surface area contributed by atoms with Gasteiger partial charge in [0.1, 0.15) is 6.04 Å². The molecule has 3 unspecified atom stereocenters. The van der Waals surface area contributed by atoms with Crippen LogP contribution in [0.3, 0.4) is 0 Å². The lowest BCUT2D eigenvalue weighted by atomic mass is 9.95. The van der Waals surface area contributed by atoms with Crippen molar-refractivity contribution in [3.63, 3.8) is 0 Å². The average molecular weight is 256 g/mol. The molecular weight excluding hydrogens is 232 g/mol. The largest absolute Gasteiger partial charge is 0.480 e. The molecule has 0 radical (unpaired) electrons. The molecule has 3 atom stereocenters. The van der Waals surface area contributed by atoms with Crippen LogP contribution in [0.15, 0.2) is 0 Å². The van der Waals surface area contributed by atoms with E-state index in [0.29, 0.717) is 13.0 Å². The number of nitrogens with one attached hydrogen (secondary N) is 1. The summed E-state index contributed by atoms with van der Waals surface area (Å²) in [5.41, 5.74) is 5.64. The Morgan fingerprint density at radius 1 is 1.44 bits per heavy atom. The number of nitrogens with two attached hydrogens (primary N) is 1. The number of amides is 1. The first-order valence-corrected chi connectivity index (χ1v) is 6.83. The average Bonchev–Trinajstić information content (AvgIpc) is 2.82. The summed E-state index contributed by atoms with van der Waals surface area (Å²) in [5, 5.41) is 11.7. The molecule has 0 aromatic rings. The van der Waals surface area contributed by atoms with Crippen LogP contribution in [0.4, 0.5) is 0 Å². The molecule has 0 aliphatic heterocycles. The Kier molecular flexibility index (Phi) is 6.12. The summed E-state index contributed by atoms with van der Waals surface area (Å²) in [6, 6.07) is -0.753. The van der Waals surface area contributed by atoms with Crippen LogP contribution in [0.1, 0.15) is 45.4 Å². The van der Waals surface area contributed by atoms with E-state index in [-0.39, 0.29) is 17.7 Å². The Morgan fingerprint density at radius 3 is 2.72 bits per heavy atom. The Morgan fingerprint density at radius 2 is 2.17 bits per heavy atom. The predicted molar refractivity (Wildman–Crippen MR) is 69.0 cm³/mol. The van der Waals surface area contributed by atoms with Gasteiger partial charge in [0.25, 0.3) is 0 Å². The highest BCUT2D eigenvalue weighted by Gasteiger charge is 2.33. The van der Waals surface area contributed by atoms with Crippen LogP contribution < -0.4 is 11.1 Å². The van der Waals surface area contributed by atoms with Gasteiger partial charge < -0.3 is 16.2 Å². The predicted octanol–water partition coefficient (Wildman–Crippen LogP) is 1.12. The topological polar surface area (TPSA) is 92.4 Å². The lowest BCUT2D eigenvalue weighted by Crippen LogP contribution is -2.45. The first kappa shape index (κ1) is 15.0. The molecule has 1 rings (SSSR count). The minimum atomic E-state index is -0.945. The van der Waals surface area contributed by atoms with Crippen molar-refractivity contribution >= 4 is 11.9 Å². The van der Waals surface area contributed by atoms with Gasteiger partial charge in [0, 0.05) is 5.92 Å². The minimum Gasteiger partial charge on any atom is -0.480 e. The van der Waals surface area contributed by atoms with E-state index in [1.807, 2.05) is 6.92 Å². The van der Waals surface area contributed by atoms with Crippen LogP contribution >= 0.6 is 0 Å². The van der Waals surface area contributed by atoms with E-state index in [1.165, 1.54) is 0 Å². The number of rotatable bonds is 7. The number of carbonyl (C=O) groups excluding carboxylic acids is 1. The van der Waals surface area contributed by atoms with E-state index in [1.54, 1.807) is 0 Å². The fourth-order valence-corrected chi connectivity index (χ4v) is 2.61. The first-order chi connectivity index (χ1) is 8.60. The van der Waals surface area contributed by atoms with Gasteiger partial charge in [0.2, 0.25) is 5.91 Å². The number of carbonyl (C=O) groups is 2. The Labute approximate surface area is 108 Å². The number of carboxylic acid groups (broad SMARTS) is 1. The second-order valence-corrected chi connectivity index (χ2v) is 5.07. The molecule has 0 spiro atoms. The van der Waals surface area contributed by atoms with Crippen LogP contribution in [-0.2, 0) is 9.59 Å². The molecule has 0 heterocycles. The number of aliphatic carboxylic acids is 1. The van der Waals surface area contributed by atoms with Gasteiger partial charge in [-0.05, 0) is 31.7 Å². The lowest BCUT2D eigenvalue weighted by Gasteiger charge is -2.20. The van der Waals surface area contributed by atoms with Gasteiger partial charge in [-0.15, -0.1) is 0 Å². The molecule has 5 heteroatoms. The van der Waals surface area contributed by atoms with Crippen LogP contribution in [0.25, 0.3) is 0 Å². The molecule has 0 bridgehead atoms. The highest BCUT2D eigenvalue weighted by molar-refractivity contribution is 5.85. The smallest absolute Gasteiger partial charge is 0.326 e. The number of unbranched alkanes of at least 4 members (excludes halogenated alkanes) is 1. The zero-order valence-corrected chi connectivity index (χ0v) is 11.0.